The maximum atomic E-state index is 13.1. The number of hydrogen-bond donors (Lipinski definition) is 2. The van der Waals surface area contributed by atoms with Gasteiger partial charge in [-0.15, -0.1) is 0 Å². The zero-order valence-corrected chi connectivity index (χ0v) is 20.0. The molecule has 184 valence electrons. The highest BCUT2D eigenvalue weighted by atomic mass is 16.5. The molecule has 2 N–H and O–H groups in total. The molecule has 2 aromatic rings. The van der Waals surface area contributed by atoms with Crippen LogP contribution in [0.1, 0.15) is 49.7 Å². The molecule has 0 radical (unpaired) electrons. The van der Waals surface area contributed by atoms with E-state index >= 15 is 0 Å². The highest BCUT2D eigenvalue weighted by molar-refractivity contribution is 5.82. The average molecular weight is 477 g/mol. The number of fused-ring (bicyclic) bond motifs is 3. The summed E-state index contributed by atoms with van der Waals surface area (Å²) in [5.74, 6) is -1.57. The van der Waals surface area contributed by atoms with Gasteiger partial charge in [0.2, 0.25) is 5.91 Å². The van der Waals surface area contributed by atoms with Crippen LogP contribution in [0, 0.1) is 17.8 Å². The number of nitrogens with zero attached hydrogens (tertiary/aromatic N) is 1. The van der Waals surface area contributed by atoms with Crippen LogP contribution in [-0.4, -0.2) is 53.7 Å². The largest absolute Gasteiger partial charge is 0.481 e. The SMILES string of the molecule is CC(C(=O)O)C1CN(C(=O)[C@@H]2CCCC[C@@H]2NC(=O)OCC2c3ccccc3-c3ccccc32)C1. The maximum absolute atomic E-state index is 13.1. The van der Waals surface area contributed by atoms with Gasteiger partial charge in [0, 0.05) is 31.0 Å². The molecule has 3 aliphatic rings. The average Bonchev–Trinajstić information content (AvgIpc) is 3.15. The van der Waals surface area contributed by atoms with Crippen molar-refractivity contribution in [2.24, 2.45) is 17.8 Å². The summed E-state index contributed by atoms with van der Waals surface area (Å²) >= 11 is 0. The fourth-order valence-corrected chi connectivity index (χ4v) is 5.84. The van der Waals surface area contributed by atoms with Crippen molar-refractivity contribution in [3.8, 4) is 11.1 Å². The summed E-state index contributed by atoms with van der Waals surface area (Å²) < 4.78 is 5.71. The number of carbonyl (C=O) groups excluding carboxylic acids is 2. The van der Waals surface area contributed by atoms with E-state index in [1.165, 1.54) is 11.1 Å². The number of aliphatic carboxylic acids is 1. The summed E-state index contributed by atoms with van der Waals surface area (Å²) in [5, 5.41) is 12.2. The van der Waals surface area contributed by atoms with Gasteiger partial charge in [-0.05, 0) is 35.1 Å². The van der Waals surface area contributed by atoms with E-state index < -0.39 is 18.0 Å². The zero-order valence-electron chi connectivity index (χ0n) is 20.0. The lowest BCUT2D eigenvalue weighted by Gasteiger charge is -2.44. The summed E-state index contributed by atoms with van der Waals surface area (Å²) in [6.45, 7) is 2.88. The number of carbonyl (C=O) groups is 3. The van der Waals surface area contributed by atoms with Crippen LogP contribution in [0.4, 0.5) is 4.79 Å². The molecule has 7 heteroatoms. The Morgan fingerprint density at radius 2 is 1.60 bits per heavy atom. The van der Waals surface area contributed by atoms with Crippen LogP contribution in [0.2, 0.25) is 0 Å². The second kappa shape index (κ2) is 9.72. The molecule has 2 aromatic carbocycles. The van der Waals surface area contributed by atoms with E-state index in [9.17, 15) is 19.5 Å². The van der Waals surface area contributed by atoms with E-state index in [-0.39, 0.29) is 36.3 Å². The Morgan fingerprint density at radius 1 is 1.00 bits per heavy atom. The lowest BCUT2D eigenvalue weighted by Crippen LogP contribution is -2.58. The van der Waals surface area contributed by atoms with Gasteiger partial charge in [-0.2, -0.15) is 0 Å². The molecular weight excluding hydrogens is 444 g/mol. The Morgan fingerprint density at radius 3 is 2.23 bits per heavy atom. The van der Waals surface area contributed by atoms with Gasteiger partial charge < -0.3 is 20.1 Å². The van der Waals surface area contributed by atoms with E-state index in [2.05, 4.69) is 29.6 Å². The summed E-state index contributed by atoms with van der Waals surface area (Å²) in [6, 6.07) is 16.2. The molecule has 0 aromatic heterocycles. The van der Waals surface area contributed by atoms with Crippen LogP contribution in [0.5, 0.6) is 0 Å². The van der Waals surface area contributed by atoms with Crippen molar-refractivity contribution < 1.29 is 24.2 Å². The molecular formula is C28H32N2O5. The Kier molecular flexibility index (Phi) is 6.50. The lowest BCUT2D eigenvalue weighted by molar-refractivity contribution is -0.153. The number of benzene rings is 2. The Balaban J connectivity index is 1.19. The number of ether oxygens (including phenoxy) is 1. The van der Waals surface area contributed by atoms with Gasteiger partial charge in [0.1, 0.15) is 6.61 Å². The molecule has 7 nitrogen and oxygen atoms in total. The predicted octanol–water partition coefficient (Wildman–Crippen LogP) is 4.26. The van der Waals surface area contributed by atoms with Crippen LogP contribution in [0.3, 0.4) is 0 Å². The second-order valence-corrected chi connectivity index (χ2v) is 10.1. The van der Waals surface area contributed by atoms with Crippen molar-refractivity contribution in [2.75, 3.05) is 19.7 Å². The topological polar surface area (TPSA) is 95.9 Å². The first-order valence-electron chi connectivity index (χ1n) is 12.6. The van der Waals surface area contributed by atoms with Crippen molar-refractivity contribution in [1.82, 2.24) is 10.2 Å². The first kappa shape index (κ1) is 23.4. The standard InChI is InChI=1S/C28H32N2O5/c1-17(27(32)33)18-14-30(15-18)26(31)23-12-6-7-13-25(23)29-28(34)35-16-24-21-10-4-2-8-19(21)20-9-3-5-11-22(20)24/h2-5,8-11,17-18,23-25H,6-7,12-16H2,1H3,(H,29,34)(H,32,33)/t17?,23-,25+/m1/s1. The van der Waals surface area contributed by atoms with Gasteiger partial charge >= 0.3 is 12.1 Å². The zero-order chi connectivity index (χ0) is 24.5. The number of likely N-dealkylation sites (tertiary alicyclic amines) is 1. The number of rotatable bonds is 6. The third-order valence-corrected chi connectivity index (χ3v) is 8.05. The predicted molar refractivity (Wildman–Crippen MR) is 131 cm³/mol. The molecule has 2 amide bonds. The van der Waals surface area contributed by atoms with Crippen molar-refractivity contribution in [3.63, 3.8) is 0 Å². The first-order valence-corrected chi connectivity index (χ1v) is 12.6. The minimum atomic E-state index is -0.824. The third-order valence-electron chi connectivity index (χ3n) is 8.05. The van der Waals surface area contributed by atoms with Crippen molar-refractivity contribution >= 4 is 18.0 Å². The molecule has 2 fully saturated rings. The molecule has 3 atom stereocenters. The van der Waals surface area contributed by atoms with E-state index in [0.717, 1.165) is 36.8 Å². The third kappa shape index (κ3) is 4.51. The number of alkyl carbamates (subject to hydrolysis) is 1. The summed E-state index contributed by atoms with van der Waals surface area (Å²) in [6.07, 6.45) is 2.88. The first-order chi connectivity index (χ1) is 16.9. The van der Waals surface area contributed by atoms with E-state index in [1.807, 2.05) is 24.3 Å². The minimum Gasteiger partial charge on any atom is -0.481 e. The number of nitrogens with one attached hydrogen (secondary N) is 1. The van der Waals surface area contributed by atoms with Crippen LogP contribution in [0.25, 0.3) is 11.1 Å². The van der Waals surface area contributed by atoms with Gasteiger partial charge in [0.25, 0.3) is 0 Å². The summed E-state index contributed by atoms with van der Waals surface area (Å²) in [5.41, 5.74) is 4.69. The highest BCUT2D eigenvalue weighted by Gasteiger charge is 2.42. The fraction of sp³-hybridized carbons (Fsp3) is 0.464. The summed E-state index contributed by atoms with van der Waals surface area (Å²) in [4.78, 5) is 38.9. The van der Waals surface area contributed by atoms with Crippen molar-refractivity contribution in [2.45, 2.75) is 44.6 Å². The van der Waals surface area contributed by atoms with Gasteiger partial charge in [0.15, 0.2) is 0 Å². The number of amides is 2. The fourth-order valence-electron chi connectivity index (χ4n) is 5.84. The molecule has 0 spiro atoms. The monoisotopic (exact) mass is 476 g/mol. The maximum Gasteiger partial charge on any atom is 0.407 e. The minimum absolute atomic E-state index is 0.00594. The van der Waals surface area contributed by atoms with Crippen molar-refractivity contribution in [1.29, 1.82) is 0 Å². The quantitative estimate of drug-likeness (QED) is 0.649. The molecule has 1 saturated carbocycles. The van der Waals surface area contributed by atoms with Crippen LogP contribution in [-0.2, 0) is 14.3 Å². The highest BCUT2D eigenvalue weighted by Crippen LogP contribution is 2.44. The molecule has 1 unspecified atom stereocenters. The smallest absolute Gasteiger partial charge is 0.407 e. The number of carboxylic acid groups (broad SMARTS) is 1. The number of carboxylic acids is 1. The van der Waals surface area contributed by atoms with Crippen LogP contribution in [0.15, 0.2) is 48.5 Å². The molecule has 35 heavy (non-hydrogen) atoms. The molecule has 1 aliphatic heterocycles. The normalized spacial score (nSPS) is 22.5. The van der Waals surface area contributed by atoms with Gasteiger partial charge in [-0.1, -0.05) is 68.3 Å². The lowest BCUT2D eigenvalue weighted by atomic mass is 9.81. The Bertz CT molecular complexity index is 1080. The van der Waals surface area contributed by atoms with E-state index in [4.69, 9.17) is 4.74 Å². The molecule has 2 aliphatic carbocycles. The molecule has 1 saturated heterocycles. The molecule has 0 bridgehead atoms. The molecule has 1 heterocycles. The van der Waals surface area contributed by atoms with Gasteiger partial charge in [-0.25, -0.2) is 4.79 Å². The summed E-state index contributed by atoms with van der Waals surface area (Å²) in [7, 11) is 0. The van der Waals surface area contributed by atoms with Gasteiger partial charge in [0.05, 0.1) is 11.8 Å². The van der Waals surface area contributed by atoms with Crippen LogP contribution >= 0.6 is 0 Å². The van der Waals surface area contributed by atoms with Gasteiger partial charge in [-0.3, -0.25) is 9.59 Å². The Labute approximate surface area is 205 Å². The Hall–Kier alpha value is -3.35. The second-order valence-electron chi connectivity index (χ2n) is 10.1. The van der Waals surface area contributed by atoms with E-state index in [0.29, 0.717) is 13.1 Å². The number of hydrogen-bond acceptors (Lipinski definition) is 4. The van der Waals surface area contributed by atoms with Crippen LogP contribution < -0.4 is 5.32 Å². The van der Waals surface area contributed by atoms with E-state index in [1.54, 1.807) is 11.8 Å². The molecule has 5 rings (SSSR count). The van der Waals surface area contributed by atoms with Crippen molar-refractivity contribution in [3.05, 3.63) is 59.7 Å².